The second-order valence-electron chi connectivity index (χ2n) is 5.63. The fraction of sp³-hybridized carbons (Fsp3) is 0.600. The predicted octanol–water partition coefficient (Wildman–Crippen LogP) is 3.35. The SMILES string of the molecule is CCCCC(CC)CNS(=O)(=O)c1cc(S(C)(=O)=O)ccc1Br. The highest BCUT2D eigenvalue weighted by Crippen LogP contribution is 2.25. The van der Waals surface area contributed by atoms with Crippen LogP contribution < -0.4 is 4.72 Å². The van der Waals surface area contributed by atoms with E-state index in [4.69, 9.17) is 0 Å². The molecule has 0 radical (unpaired) electrons. The standard InChI is InChI=1S/C15H24BrNO4S2/c1-4-6-7-12(5-2)11-17-23(20,21)15-10-13(22(3,18)19)8-9-14(15)16/h8-10,12,17H,4-7,11H2,1-3H3. The largest absolute Gasteiger partial charge is 0.241 e. The Kier molecular flexibility index (Phi) is 7.70. The van der Waals surface area contributed by atoms with Crippen molar-refractivity contribution in [3.63, 3.8) is 0 Å². The molecule has 0 fully saturated rings. The van der Waals surface area contributed by atoms with Crippen molar-refractivity contribution >= 4 is 35.8 Å². The van der Waals surface area contributed by atoms with Gasteiger partial charge in [0.15, 0.2) is 9.84 Å². The van der Waals surface area contributed by atoms with Gasteiger partial charge in [-0.05, 0) is 46.5 Å². The monoisotopic (exact) mass is 425 g/mol. The first-order chi connectivity index (χ1) is 10.6. The zero-order chi connectivity index (χ0) is 17.7. The lowest BCUT2D eigenvalue weighted by Gasteiger charge is -2.16. The maximum absolute atomic E-state index is 12.5. The molecule has 1 rings (SSSR count). The van der Waals surface area contributed by atoms with Crippen LogP contribution in [0.5, 0.6) is 0 Å². The van der Waals surface area contributed by atoms with E-state index in [0.717, 1.165) is 31.9 Å². The van der Waals surface area contributed by atoms with Crippen LogP contribution >= 0.6 is 15.9 Å². The first-order valence-electron chi connectivity index (χ1n) is 7.61. The molecule has 8 heteroatoms. The van der Waals surface area contributed by atoms with E-state index in [2.05, 4.69) is 27.6 Å². The van der Waals surface area contributed by atoms with Gasteiger partial charge in [-0.1, -0.05) is 33.1 Å². The first kappa shape index (κ1) is 20.6. The lowest BCUT2D eigenvalue weighted by Crippen LogP contribution is -2.29. The highest BCUT2D eigenvalue weighted by Gasteiger charge is 2.21. The number of hydrogen-bond acceptors (Lipinski definition) is 4. The molecule has 1 aromatic carbocycles. The fourth-order valence-corrected chi connectivity index (χ4v) is 4.99. The van der Waals surface area contributed by atoms with Gasteiger partial charge in [0.25, 0.3) is 0 Å². The third kappa shape index (κ3) is 6.17. The van der Waals surface area contributed by atoms with Crippen molar-refractivity contribution in [2.45, 2.75) is 49.3 Å². The maximum atomic E-state index is 12.5. The molecule has 0 aromatic heterocycles. The summed E-state index contributed by atoms with van der Waals surface area (Å²) in [7, 11) is -7.23. The number of sulfone groups is 1. The molecular formula is C15H24BrNO4S2. The second kappa shape index (κ2) is 8.60. The number of hydrogen-bond donors (Lipinski definition) is 1. The molecule has 0 aliphatic heterocycles. The van der Waals surface area contributed by atoms with Gasteiger partial charge in [-0.15, -0.1) is 0 Å². The van der Waals surface area contributed by atoms with Gasteiger partial charge >= 0.3 is 0 Å². The average molecular weight is 426 g/mol. The molecule has 0 heterocycles. The van der Waals surface area contributed by atoms with E-state index >= 15 is 0 Å². The zero-order valence-electron chi connectivity index (χ0n) is 13.7. The molecular weight excluding hydrogens is 402 g/mol. The van der Waals surface area contributed by atoms with E-state index in [1.54, 1.807) is 0 Å². The summed E-state index contributed by atoms with van der Waals surface area (Å²) in [5, 5.41) is 0. The van der Waals surface area contributed by atoms with Gasteiger partial charge in [-0.2, -0.15) is 0 Å². The lowest BCUT2D eigenvalue weighted by molar-refractivity contribution is 0.443. The Morgan fingerprint density at radius 1 is 1.17 bits per heavy atom. The second-order valence-corrected chi connectivity index (χ2v) is 10.2. The maximum Gasteiger partial charge on any atom is 0.241 e. The van der Waals surface area contributed by atoms with Crippen LogP contribution in [0.15, 0.2) is 32.5 Å². The molecule has 0 aliphatic carbocycles. The molecule has 5 nitrogen and oxygen atoms in total. The van der Waals surface area contributed by atoms with Crippen molar-refractivity contribution in [1.82, 2.24) is 4.72 Å². The molecule has 132 valence electrons. The fourth-order valence-electron chi connectivity index (χ4n) is 2.17. The Balaban J connectivity index is 3.00. The van der Waals surface area contributed by atoms with Crippen LogP contribution in [0.2, 0.25) is 0 Å². The van der Waals surface area contributed by atoms with E-state index in [-0.39, 0.29) is 15.7 Å². The van der Waals surface area contributed by atoms with E-state index < -0.39 is 19.9 Å². The summed E-state index contributed by atoms with van der Waals surface area (Å²) in [6.45, 7) is 4.49. The zero-order valence-corrected chi connectivity index (χ0v) is 16.9. The van der Waals surface area contributed by atoms with Gasteiger partial charge in [0, 0.05) is 17.3 Å². The summed E-state index contributed by atoms with van der Waals surface area (Å²) in [6, 6.07) is 4.02. The molecule has 0 amide bonds. The molecule has 0 bridgehead atoms. The average Bonchev–Trinajstić information content (AvgIpc) is 2.46. The Morgan fingerprint density at radius 3 is 2.35 bits per heavy atom. The van der Waals surface area contributed by atoms with Crippen LogP contribution in [-0.2, 0) is 19.9 Å². The van der Waals surface area contributed by atoms with Crippen LogP contribution in [0.1, 0.15) is 39.5 Å². The summed E-state index contributed by atoms with van der Waals surface area (Å²) in [5.74, 6) is 0.279. The number of rotatable bonds is 9. The van der Waals surface area contributed by atoms with Gasteiger partial charge in [0.1, 0.15) is 0 Å². The predicted molar refractivity (Wildman–Crippen MR) is 95.7 cm³/mol. The number of sulfonamides is 1. The van der Waals surface area contributed by atoms with Crippen LogP contribution in [0.4, 0.5) is 0 Å². The van der Waals surface area contributed by atoms with Crippen molar-refractivity contribution in [3.8, 4) is 0 Å². The van der Waals surface area contributed by atoms with E-state index in [0.29, 0.717) is 11.0 Å². The molecule has 23 heavy (non-hydrogen) atoms. The number of unbranched alkanes of at least 4 members (excludes halogenated alkanes) is 1. The van der Waals surface area contributed by atoms with Gasteiger partial charge in [0.05, 0.1) is 9.79 Å². The molecule has 1 aromatic rings. The van der Waals surface area contributed by atoms with E-state index in [1.165, 1.54) is 18.2 Å². The van der Waals surface area contributed by atoms with Crippen molar-refractivity contribution in [1.29, 1.82) is 0 Å². The third-order valence-corrected chi connectivity index (χ3v) is 7.25. The van der Waals surface area contributed by atoms with Gasteiger partial charge in [-0.3, -0.25) is 0 Å². The smallest absolute Gasteiger partial charge is 0.224 e. The molecule has 1 unspecified atom stereocenters. The molecule has 0 saturated heterocycles. The van der Waals surface area contributed by atoms with Crippen LogP contribution in [0, 0.1) is 5.92 Å². The topological polar surface area (TPSA) is 80.3 Å². The van der Waals surface area contributed by atoms with E-state index in [9.17, 15) is 16.8 Å². The Bertz CT molecular complexity index is 730. The Morgan fingerprint density at radius 2 is 1.83 bits per heavy atom. The summed E-state index contributed by atoms with van der Waals surface area (Å²) in [4.78, 5) is -0.0649. The summed E-state index contributed by atoms with van der Waals surface area (Å²) in [5.41, 5.74) is 0. The minimum Gasteiger partial charge on any atom is -0.224 e. The molecule has 1 N–H and O–H groups in total. The minimum absolute atomic E-state index is 0.0147. The van der Waals surface area contributed by atoms with Crippen LogP contribution in [0.25, 0.3) is 0 Å². The Labute approximate surface area is 148 Å². The van der Waals surface area contributed by atoms with Crippen molar-refractivity contribution < 1.29 is 16.8 Å². The summed E-state index contributed by atoms with van der Waals surface area (Å²) < 4.78 is 51.2. The highest BCUT2D eigenvalue weighted by molar-refractivity contribution is 9.10. The van der Waals surface area contributed by atoms with Gasteiger partial charge < -0.3 is 0 Å². The van der Waals surface area contributed by atoms with Gasteiger partial charge in [0.2, 0.25) is 10.0 Å². The van der Waals surface area contributed by atoms with Crippen LogP contribution in [-0.4, -0.2) is 29.6 Å². The molecule has 0 spiro atoms. The quantitative estimate of drug-likeness (QED) is 0.657. The summed E-state index contributed by atoms with van der Waals surface area (Å²) in [6.07, 6.45) is 5.06. The summed E-state index contributed by atoms with van der Waals surface area (Å²) >= 11 is 3.19. The molecule has 0 aliphatic rings. The number of nitrogens with one attached hydrogen (secondary N) is 1. The third-order valence-electron chi connectivity index (χ3n) is 3.73. The minimum atomic E-state index is -3.77. The highest BCUT2D eigenvalue weighted by atomic mass is 79.9. The molecule has 0 saturated carbocycles. The molecule has 1 atom stereocenters. The van der Waals surface area contributed by atoms with Crippen molar-refractivity contribution in [3.05, 3.63) is 22.7 Å². The number of halogens is 1. The van der Waals surface area contributed by atoms with E-state index in [1.807, 2.05) is 6.92 Å². The Hall–Kier alpha value is -0.440. The first-order valence-corrected chi connectivity index (χ1v) is 11.8. The number of benzene rings is 1. The van der Waals surface area contributed by atoms with Crippen molar-refractivity contribution in [2.24, 2.45) is 5.92 Å². The van der Waals surface area contributed by atoms with Gasteiger partial charge in [-0.25, -0.2) is 21.6 Å². The lowest BCUT2D eigenvalue weighted by atomic mass is 10.00. The van der Waals surface area contributed by atoms with Crippen LogP contribution in [0.3, 0.4) is 0 Å². The normalized spacial score (nSPS) is 13.9. The van der Waals surface area contributed by atoms with Crippen molar-refractivity contribution in [2.75, 3.05) is 12.8 Å².